The number of nitrogens with zero attached hydrogens (tertiary/aromatic N) is 1. The van der Waals surface area contributed by atoms with Crippen LogP contribution in [0.3, 0.4) is 0 Å². The molecule has 0 aliphatic rings. The number of nitrogens with two attached hydrogens (primary N) is 1. The summed E-state index contributed by atoms with van der Waals surface area (Å²) in [5.41, 5.74) is 7.62. The highest BCUT2D eigenvalue weighted by Crippen LogP contribution is 1.96. The van der Waals surface area contributed by atoms with Gasteiger partial charge in [0.25, 0.3) is 0 Å². The van der Waals surface area contributed by atoms with E-state index in [1.165, 1.54) is 0 Å². The molecule has 0 aromatic heterocycles. The first-order valence-electron chi connectivity index (χ1n) is 4.27. The minimum absolute atomic E-state index is 0.559. The summed E-state index contributed by atoms with van der Waals surface area (Å²) in [4.78, 5) is 4.14. The van der Waals surface area contributed by atoms with Crippen LogP contribution in [0.2, 0.25) is 0 Å². The van der Waals surface area contributed by atoms with Gasteiger partial charge in [0.2, 0.25) is 0 Å². The number of allylic oxidation sites excluding steroid dienone is 3. The molecule has 0 unspecified atom stereocenters. The molecule has 0 bridgehead atoms. The molecular formula is C11H16N2. The van der Waals surface area contributed by atoms with Crippen molar-refractivity contribution in [2.45, 2.75) is 27.2 Å². The van der Waals surface area contributed by atoms with Crippen LogP contribution in [-0.4, -0.2) is 5.71 Å². The van der Waals surface area contributed by atoms with Gasteiger partial charge in [0.05, 0.1) is 5.71 Å². The van der Waals surface area contributed by atoms with Crippen molar-refractivity contribution in [1.29, 1.82) is 0 Å². The molecule has 0 aromatic carbocycles. The molecule has 0 fully saturated rings. The van der Waals surface area contributed by atoms with Crippen molar-refractivity contribution in [3.05, 3.63) is 24.0 Å². The molecule has 0 saturated carbocycles. The Balaban J connectivity index is 4.49. The van der Waals surface area contributed by atoms with Crippen molar-refractivity contribution >= 4 is 5.71 Å². The lowest BCUT2D eigenvalue weighted by Gasteiger charge is -1.97. The lowest BCUT2D eigenvalue weighted by Crippen LogP contribution is -2.07. The molecule has 0 aliphatic heterocycles. The van der Waals surface area contributed by atoms with Crippen LogP contribution < -0.4 is 5.73 Å². The van der Waals surface area contributed by atoms with Crippen molar-refractivity contribution in [1.82, 2.24) is 0 Å². The normalized spacial score (nSPS) is 11.9. The van der Waals surface area contributed by atoms with E-state index >= 15 is 0 Å². The second-order valence-corrected chi connectivity index (χ2v) is 2.54. The molecule has 0 rings (SSSR count). The number of aliphatic imine (C=N–C) groups is 1. The van der Waals surface area contributed by atoms with E-state index in [4.69, 9.17) is 5.73 Å². The van der Waals surface area contributed by atoms with E-state index in [1.54, 1.807) is 6.08 Å². The lowest BCUT2D eigenvalue weighted by molar-refractivity contribution is 1.27. The summed E-state index contributed by atoms with van der Waals surface area (Å²) in [6, 6.07) is 0. The second kappa shape index (κ2) is 6.07. The highest BCUT2D eigenvalue weighted by atomic mass is 14.8. The molecule has 2 N–H and O–H groups in total. The molecule has 0 radical (unpaired) electrons. The van der Waals surface area contributed by atoms with Gasteiger partial charge in [-0.05, 0) is 19.8 Å². The second-order valence-electron chi connectivity index (χ2n) is 2.54. The third-order valence-electron chi connectivity index (χ3n) is 1.44. The van der Waals surface area contributed by atoms with Crippen LogP contribution in [0.4, 0.5) is 0 Å². The quantitative estimate of drug-likeness (QED) is 0.508. The molecular weight excluding hydrogens is 160 g/mol. The SMILES string of the molecule is C=C(C#CCC)N=C(C)/C(N)=C\C. The number of hydrogen-bond donors (Lipinski definition) is 1. The maximum atomic E-state index is 5.63. The van der Waals surface area contributed by atoms with Crippen LogP contribution in [0.5, 0.6) is 0 Å². The average molecular weight is 176 g/mol. The Bertz CT molecular complexity index is 298. The smallest absolute Gasteiger partial charge is 0.106 e. The highest BCUT2D eigenvalue weighted by Gasteiger charge is 1.93. The van der Waals surface area contributed by atoms with E-state index in [9.17, 15) is 0 Å². The predicted molar refractivity (Wildman–Crippen MR) is 58.3 cm³/mol. The molecule has 0 aromatic rings. The van der Waals surface area contributed by atoms with E-state index in [0.29, 0.717) is 11.4 Å². The number of rotatable bonds is 2. The van der Waals surface area contributed by atoms with Gasteiger partial charge in [-0.2, -0.15) is 0 Å². The van der Waals surface area contributed by atoms with Gasteiger partial charge in [0, 0.05) is 12.1 Å². The van der Waals surface area contributed by atoms with Crippen molar-refractivity contribution in [2.75, 3.05) is 0 Å². The molecule has 0 atom stereocenters. The van der Waals surface area contributed by atoms with E-state index in [0.717, 1.165) is 12.1 Å². The minimum Gasteiger partial charge on any atom is -0.398 e. The first kappa shape index (κ1) is 11.5. The zero-order chi connectivity index (χ0) is 10.3. The summed E-state index contributed by atoms with van der Waals surface area (Å²) < 4.78 is 0. The van der Waals surface area contributed by atoms with Gasteiger partial charge in [-0.1, -0.05) is 25.5 Å². The molecule has 13 heavy (non-hydrogen) atoms. The van der Waals surface area contributed by atoms with Gasteiger partial charge in [-0.3, -0.25) is 0 Å². The predicted octanol–water partition coefficient (Wildman–Crippen LogP) is 2.24. The summed E-state index contributed by atoms with van der Waals surface area (Å²) >= 11 is 0. The van der Waals surface area contributed by atoms with E-state index in [2.05, 4.69) is 23.4 Å². The summed E-state index contributed by atoms with van der Waals surface area (Å²) in [7, 11) is 0. The van der Waals surface area contributed by atoms with E-state index in [-0.39, 0.29) is 0 Å². The summed E-state index contributed by atoms with van der Waals surface area (Å²) in [5.74, 6) is 5.72. The van der Waals surface area contributed by atoms with Gasteiger partial charge < -0.3 is 5.73 Å². The molecule has 0 saturated heterocycles. The van der Waals surface area contributed by atoms with Crippen LogP contribution in [0.25, 0.3) is 0 Å². The number of hydrogen-bond acceptors (Lipinski definition) is 2. The Morgan fingerprint density at radius 1 is 1.62 bits per heavy atom. The van der Waals surface area contributed by atoms with Crippen LogP contribution in [0.1, 0.15) is 27.2 Å². The molecule has 70 valence electrons. The zero-order valence-electron chi connectivity index (χ0n) is 8.52. The van der Waals surface area contributed by atoms with Crippen LogP contribution >= 0.6 is 0 Å². The van der Waals surface area contributed by atoms with E-state index < -0.39 is 0 Å². The standard InChI is InChI=1S/C11H16N2/c1-5-7-8-9(3)13-10(4)11(12)6-2/h6H,3,5,12H2,1-2,4H3/b11-6+,13-10?. The molecule has 0 heterocycles. The zero-order valence-corrected chi connectivity index (χ0v) is 8.52. The van der Waals surface area contributed by atoms with Gasteiger partial charge in [-0.25, -0.2) is 4.99 Å². The minimum atomic E-state index is 0.559. The first-order valence-corrected chi connectivity index (χ1v) is 4.27. The molecule has 0 amide bonds. The van der Waals surface area contributed by atoms with Crippen LogP contribution in [0, 0.1) is 11.8 Å². The van der Waals surface area contributed by atoms with Gasteiger partial charge in [0.15, 0.2) is 0 Å². The van der Waals surface area contributed by atoms with Crippen molar-refractivity contribution in [2.24, 2.45) is 10.7 Å². The Labute approximate surface area is 80.2 Å². The fourth-order valence-corrected chi connectivity index (χ4v) is 0.694. The topological polar surface area (TPSA) is 38.4 Å². The van der Waals surface area contributed by atoms with Gasteiger partial charge in [-0.15, -0.1) is 0 Å². The van der Waals surface area contributed by atoms with Gasteiger partial charge >= 0.3 is 0 Å². The maximum absolute atomic E-state index is 5.63. The molecule has 2 heteroatoms. The van der Waals surface area contributed by atoms with Gasteiger partial charge in [0.1, 0.15) is 5.70 Å². The monoisotopic (exact) mass is 176 g/mol. The molecule has 2 nitrogen and oxygen atoms in total. The highest BCUT2D eigenvalue weighted by molar-refractivity contribution is 5.98. The van der Waals surface area contributed by atoms with Crippen molar-refractivity contribution in [3.8, 4) is 11.8 Å². The summed E-state index contributed by atoms with van der Waals surface area (Å²) in [6.07, 6.45) is 2.62. The first-order chi connectivity index (χ1) is 6.11. The lowest BCUT2D eigenvalue weighted by atomic mass is 10.3. The average Bonchev–Trinajstić information content (AvgIpc) is 2.13. The Hall–Kier alpha value is -1.49. The third kappa shape index (κ3) is 4.86. The molecule has 0 aliphatic carbocycles. The maximum Gasteiger partial charge on any atom is 0.106 e. The Kier molecular flexibility index (Phi) is 5.38. The fourth-order valence-electron chi connectivity index (χ4n) is 0.694. The Morgan fingerprint density at radius 3 is 2.69 bits per heavy atom. The summed E-state index contributed by atoms with van der Waals surface area (Å²) in [6.45, 7) is 9.40. The third-order valence-corrected chi connectivity index (χ3v) is 1.44. The van der Waals surface area contributed by atoms with Crippen molar-refractivity contribution in [3.63, 3.8) is 0 Å². The van der Waals surface area contributed by atoms with Crippen LogP contribution in [-0.2, 0) is 0 Å². The van der Waals surface area contributed by atoms with Crippen molar-refractivity contribution < 1.29 is 0 Å². The fraction of sp³-hybridized carbons (Fsp3) is 0.364. The molecule has 0 spiro atoms. The van der Waals surface area contributed by atoms with Crippen LogP contribution in [0.15, 0.2) is 29.0 Å². The van der Waals surface area contributed by atoms with E-state index in [1.807, 2.05) is 20.8 Å². The largest absolute Gasteiger partial charge is 0.398 e. The Morgan fingerprint density at radius 2 is 2.23 bits per heavy atom. The summed E-state index contributed by atoms with van der Waals surface area (Å²) in [5, 5.41) is 0.